The number of likely N-dealkylation sites (N-methyl/N-ethyl adjacent to an activating group) is 1. The van der Waals surface area contributed by atoms with Gasteiger partial charge in [-0.2, -0.15) is 0 Å². The number of rotatable bonds is 5. The molecule has 1 N–H and O–H groups in total. The number of benzene rings is 1. The maximum atomic E-state index is 13.4. The molecule has 172 valence electrons. The highest BCUT2D eigenvalue weighted by molar-refractivity contribution is 7.17. The number of thiazole rings is 2. The third-order valence-corrected chi connectivity index (χ3v) is 7.91. The van der Waals surface area contributed by atoms with Crippen LogP contribution in [0.15, 0.2) is 35.4 Å². The minimum absolute atomic E-state index is 0.0695. The van der Waals surface area contributed by atoms with E-state index in [1.807, 2.05) is 0 Å². The number of piperazine rings is 1. The highest BCUT2D eigenvalue weighted by atomic mass is 35.5. The Labute approximate surface area is 202 Å². The molecule has 0 amide bonds. The van der Waals surface area contributed by atoms with Crippen LogP contribution in [0.3, 0.4) is 0 Å². The monoisotopic (exact) mass is 505 g/mol. The number of aromatic hydroxyl groups is 1. The zero-order valence-corrected chi connectivity index (χ0v) is 20.2. The third-order valence-electron chi connectivity index (χ3n) is 5.65. The molecule has 0 aliphatic carbocycles. The molecule has 1 fully saturated rings. The second-order valence-electron chi connectivity index (χ2n) is 8.10. The van der Waals surface area contributed by atoms with Crippen molar-refractivity contribution in [3.63, 3.8) is 0 Å². The summed E-state index contributed by atoms with van der Waals surface area (Å²) in [6, 6.07) is 4.58. The largest absolute Gasteiger partial charge is 0.501 e. The predicted octanol–water partition coefficient (Wildman–Crippen LogP) is 3.72. The molecule has 5 rings (SSSR count). The summed E-state index contributed by atoms with van der Waals surface area (Å²) in [6.45, 7) is 4.74. The summed E-state index contributed by atoms with van der Waals surface area (Å²) in [5.74, 6) is -0.876. The molecule has 1 saturated heterocycles. The standard InChI is InChI=1S/C22H21ClFN5O2S2/c1-27-4-6-28(7-5-27)11-15-12-29-21(31)19(30)18(26-22(29)33-15)20-25-10-14(32-20)8-13-2-3-17(24)16(23)9-13/h2-3,9-10,12,30H,4-8,11H2,1H3. The van der Waals surface area contributed by atoms with E-state index in [2.05, 4.69) is 26.8 Å². The topological polar surface area (TPSA) is 74.0 Å². The van der Waals surface area contributed by atoms with E-state index in [0.717, 1.165) is 48.0 Å². The normalized spacial score (nSPS) is 15.5. The quantitative estimate of drug-likeness (QED) is 0.445. The summed E-state index contributed by atoms with van der Waals surface area (Å²) in [4.78, 5) is 28.8. The fourth-order valence-corrected chi connectivity index (χ4v) is 5.93. The van der Waals surface area contributed by atoms with Crippen LogP contribution in [0.5, 0.6) is 5.75 Å². The Morgan fingerprint density at radius 2 is 1.97 bits per heavy atom. The Hall–Kier alpha value is -2.37. The molecule has 0 spiro atoms. The van der Waals surface area contributed by atoms with Crippen molar-refractivity contribution in [3.05, 3.63) is 67.1 Å². The summed E-state index contributed by atoms with van der Waals surface area (Å²) >= 11 is 8.65. The molecule has 0 saturated carbocycles. The van der Waals surface area contributed by atoms with Gasteiger partial charge in [-0.15, -0.1) is 11.3 Å². The van der Waals surface area contributed by atoms with Gasteiger partial charge in [-0.25, -0.2) is 14.4 Å². The lowest BCUT2D eigenvalue weighted by Crippen LogP contribution is -2.43. The molecule has 3 aromatic heterocycles. The number of nitrogens with zero attached hydrogens (tertiary/aromatic N) is 5. The van der Waals surface area contributed by atoms with Crippen molar-refractivity contribution in [2.45, 2.75) is 13.0 Å². The smallest absolute Gasteiger partial charge is 0.301 e. The molecule has 1 aromatic carbocycles. The van der Waals surface area contributed by atoms with Gasteiger partial charge in [-0.3, -0.25) is 14.1 Å². The number of aromatic nitrogens is 3. The molecule has 33 heavy (non-hydrogen) atoms. The molecule has 0 atom stereocenters. The highest BCUT2D eigenvalue weighted by Crippen LogP contribution is 2.31. The molecule has 11 heteroatoms. The van der Waals surface area contributed by atoms with E-state index in [-0.39, 0.29) is 10.7 Å². The van der Waals surface area contributed by atoms with E-state index in [4.69, 9.17) is 11.6 Å². The van der Waals surface area contributed by atoms with Gasteiger partial charge in [0.05, 0.1) is 5.02 Å². The Bertz CT molecular complexity index is 1380. The molecule has 4 aromatic rings. The Morgan fingerprint density at radius 1 is 1.18 bits per heavy atom. The molecular weight excluding hydrogens is 485 g/mol. The molecule has 0 bridgehead atoms. The van der Waals surface area contributed by atoms with Gasteiger partial charge in [0.15, 0.2) is 4.96 Å². The van der Waals surface area contributed by atoms with E-state index in [9.17, 15) is 14.3 Å². The van der Waals surface area contributed by atoms with Crippen molar-refractivity contribution in [1.29, 1.82) is 0 Å². The summed E-state index contributed by atoms with van der Waals surface area (Å²) in [5.41, 5.74) is 0.524. The molecule has 0 unspecified atom stereocenters. The zero-order chi connectivity index (χ0) is 23.1. The van der Waals surface area contributed by atoms with Crippen LogP contribution in [-0.4, -0.2) is 62.5 Å². The first-order chi connectivity index (χ1) is 15.9. The first kappa shape index (κ1) is 22.4. The molecule has 7 nitrogen and oxygen atoms in total. The molecule has 4 heterocycles. The van der Waals surface area contributed by atoms with Crippen molar-refractivity contribution in [2.24, 2.45) is 0 Å². The Balaban J connectivity index is 1.41. The van der Waals surface area contributed by atoms with E-state index >= 15 is 0 Å². The van der Waals surface area contributed by atoms with Crippen LogP contribution >= 0.6 is 34.3 Å². The predicted molar refractivity (Wildman–Crippen MR) is 129 cm³/mol. The summed E-state index contributed by atoms with van der Waals surface area (Å²) in [5, 5.41) is 11.1. The van der Waals surface area contributed by atoms with Crippen molar-refractivity contribution in [3.8, 4) is 16.5 Å². The third kappa shape index (κ3) is 4.67. The van der Waals surface area contributed by atoms with Gasteiger partial charge in [0.2, 0.25) is 5.75 Å². The minimum Gasteiger partial charge on any atom is -0.501 e. The van der Waals surface area contributed by atoms with Crippen LogP contribution in [-0.2, 0) is 13.0 Å². The van der Waals surface area contributed by atoms with Gasteiger partial charge in [0.1, 0.15) is 16.5 Å². The summed E-state index contributed by atoms with van der Waals surface area (Å²) < 4.78 is 14.8. The van der Waals surface area contributed by atoms with Crippen LogP contribution < -0.4 is 5.56 Å². The maximum absolute atomic E-state index is 13.4. The SMILES string of the molecule is CN1CCN(Cc2cn3c(=O)c(O)c(-c4ncc(Cc5ccc(F)c(Cl)c5)s4)nc3s2)CC1. The Kier molecular flexibility index (Phi) is 6.19. The van der Waals surface area contributed by atoms with Gasteiger partial charge in [0.25, 0.3) is 0 Å². The molecule has 0 radical (unpaired) electrons. The number of hydrogen-bond acceptors (Lipinski definition) is 8. The van der Waals surface area contributed by atoms with Crippen LogP contribution in [0.1, 0.15) is 15.3 Å². The van der Waals surface area contributed by atoms with E-state index in [0.29, 0.717) is 16.4 Å². The van der Waals surface area contributed by atoms with Crippen molar-refractivity contribution in [2.75, 3.05) is 33.2 Å². The summed E-state index contributed by atoms with van der Waals surface area (Å²) in [6.07, 6.45) is 3.95. The highest BCUT2D eigenvalue weighted by Gasteiger charge is 2.20. The lowest BCUT2D eigenvalue weighted by atomic mass is 10.1. The number of fused-ring (bicyclic) bond motifs is 1. The van der Waals surface area contributed by atoms with Gasteiger partial charge in [-0.05, 0) is 24.7 Å². The zero-order valence-electron chi connectivity index (χ0n) is 17.8. The first-order valence-corrected chi connectivity index (χ1v) is 12.4. The van der Waals surface area contributed by atoms with Crippen LogP contribution in [0.25, 0.3) is 15.7 Å². The van der Waals surface area contributed by atoms with Crippen LogP contribution in [0.4, 0.5) is 4.39 Å². The second-order valence-corrected chi connectivity index (χ2v) is 10.7. The fraction of sp³-hybridized carbons (Fsp3) is 0.318. The van der Waals surface area contributed by atoms with Crippen molar-refractivity contribution in [1.82, 2.24) is 24.2 Å². The number of hydrogen-bond donors (Lipinski definition) is 1. The van der Waals surface area contributed by atoms with Gasteiger partial charge in [0, 0.05) is 61.3 Å². The molecule has 1 aliphatic rings. The Morgan fingerprint density at radius 3 is 2.73 bits per heavy atom. The van der Waals surface area contributed by atoms with E-state index in [1.165, 1.54) is 33.1 Å². The molecular formula is C22H21ClFN5O2S2. The maximum Gasteiger partial charge on any atom is 0.301 e. The minimum atomic E-state index is -0.502. The van der Waals surface area contributed by atoms with Crippen molar-refractivity contribution >= 4 is 39.2 Å². The van der Waals surface area contributed by atoms with E-state index < -0.39 is 17.1 Å². The van der Waals surface area contributed by atoms with Crippen LogP contribution in [0, 0.1) is 5.82 Å². The summed E-state index contributed by atoms with van der Waals surface area (Å²) in [7, 11) is 2.11. The lowest BCUT2D eigenvalue weighted by Gasteiger charge is -2.31. The molecule has 1 aliphatic heterocycles. The average molecular weight is 506 g/mol. The number of halogens is 2. The lowest BCUT2D eigenvalue weighted by molar-refractivity contribution is 0.149. The fourth-order valence-electron chi connectivity index (χ4n) is 3.78. The van der Waals surface area contributed by atoms with Gasteiger partial charge < -0.3 is 10.0 Å². The van der Waals surface area contributed by atoms with Crippen LogP contribution in [0.2, 0.25) is 5.02 Å². The van der Waals surface area contributed by atoms with Gasteiger partial charge >= 0.3 is 5.56 Å². The first-order valence-electron chi connectivity index (χ1n) is 10.4. The van der Waals surface area contributed by atoms with E-state index in [1.54, 1.807) is 24.5 Å². The van der Waals surface area contributed by atoms with Crippen molar-refractivity contribution < 1.29 is 9.50 Å². The second kappa shape index (κ2) is 9.11. The van der Waals surface area contributed by atoms with Gasteiger partial charge in [-0.1, -0.05) is 29.0 Å². The average Bonchev–Trinajstić information content (AvgIpc) is 3.42.